The van der Waals surface area contributed by atoms with Crippen LogP contribution in [0.15, 0.2) is 89.0 Å². The Hall–Kier alpha value is -10.4. The standard InChI is InChI=1S/C74H83Cl3N12O20S/c1-29(2)18-30(3)66(98)87-61-63(97)38-12-15-49(44(76)21-38)107-51-23-39-22-50(64(51)109-73-34(7)62(96)33(6)52(28-90)108-73)106-48-14-11-36(20-43(48)75)32(5)55-69(101)84-56(35(8)80-16-9-17-105-89-60(68(100)81-27-31(4)91)59-65(77)110-74(79)88-59)42-24-40(92)25-47(94)54(42)41-19-37(10-13-46(41)93)57(70(102)83-55)86-71(103)58(39)85-67(99)45(26-53(78)95)82-72(61)104/h10-15,19-25,28-34,45,52,55-58,61-63,73,91-94,96-97H,9,16-18,26-27H2,1-8H3,(H2,78,95)(H2,79,88)(H,81,100)(H,82,104)(H,83,102)(H,84,101)(H,85,99)(H,86,103)(H,87,98). The van der Waals surface area contributed by atoms with Gasteiger partial charge in [-0.25, -0.2) is 4.98 Å². The lowest BCUT2D eigenvalue weighted by Gasteiger charge is -2.40. The molecule has 8 amide bonds. The summed E-state index contributed by atoms with van der Waals surface area (Å²) in [6.45, 7) is 12.6. The fourth-order valence-electron chi connectivity index (χ4n) is 13.0. The topological polar surface area (TPSA) is 495 Å². The van der Waals surface area contributed by atoms with Gasteiger partial charge in [-0.05, 0) is 109 Å². The van der Waals surface area contributed by atoms with Crippen molar-refractivity contribution in [1.82, 2.24) is 42.2 Å². The van der Waals surface area contributed by atoms with E-state index in [0.717, 1.165) is 23.5 Å². The van der Waals surface area contributed by atoms with Crippen LogP contribution in [0.1, 0.15) is 138 Å². The molecule has 1 saturated heterocycles. The molecule has 586 valence electrons. The molecule has 0 spiro atoms. The van der Waals surface area contributed by atoms with E-state index in [1.165, 1.54) is 80.6 Å². The number of ether oxygens (including phenoxy) is 4. The van der Waals surface area contributed by atoms with Crippen molar-refractivity contribution in [3.05, 3.63) is 127 Å². The number of anilines is 1. The molecule has 6 aliphatic rings. The summed E-state index contributed by atoms with van der Waals surface area (Å²) in [6.07, 6.45) is -6.97. The van der Waals surface area contributed by atoms with Crippen LogP contribution in [0.25, 0.3) is 11.1 Å². The first kappa shape index (κ1) is 82.1. The van der Waals surface area contributed by atoms with Gasteiger partial charge in [0.15, 0.2) is 22.3 Å². The number of nitrogen functional groups attached to an aromatic ring is 1. The third-order valence-electron chi connectivity index (χ3n) is 18.9. The maximum atomic E-state index is 16.2. The molecule has 0 saturated carbocycles. The highest BCUT2D eigenvalue weighted by Gasteiger charge is 2.45. The maximum absolute atomic E-state index is 16.2. The molecule has 15 unspecified atom stereocenters. The number of phenols is 3. The number of hydrogen-bond donors (Lipinski definition) is 15. The van der Waals surface area contributed by atoms with Gasteiger partial charge in [0.1, 0.15) is 94.1 Å². The second-order valence-electron chi connectivity index (χ2n) is 27.7. The van der Waals surface area contributed by atoms with E-state index in [1.807, 2.05) is 13.8 Å². The van der Waals surface area contributed by atoms with Crippen LogP contribution in [0.3, 0.4) is 0 Å². The Labute approximate surface area is 648 Å². The Bertz CT molecular complexity index is 4640. The van der Waals surface area contributed by atoms with E-state index in [2.05, 4.69) is 47.4 Å². The van der Waals surface area contributed by atoms with Gasteiger partial charge in [0.05, 0.1) is 34.7 Å². The van der Waals surface area contributed by atoms with Gasteiger partial charge in [-0.15, -0.1) is 0 Å². The van der Waals surface area contributed by atoms with Crippen molar-refractivity contribution in [2.45, 2.75) is 148 Å². The number of aromatic nitrogens is 1. The highest BCUT2D eigenvalue weighted by atomic mass is 35.5. The number of aromatic hydroxyl groups is 3. The molecule has 1 aromatic heterocycles. The summed E-state index contributed by atoms with van der Waals surface area (Å²) in [6, 6.07) is 4.84. The molecular weight excluding hydrogens is 1520 g/mol. The lowest BCUT2D eigenvalue weighted by molar-refractivity contribution is -0.222. The number of benzene rings is 5. The lowest BCUT2D eigenvalue weighted by atomic mass is 9.86. The lowest BCUT2D eigenvalue weighted by Crippen LogP contribution is -2.58. The number of nitrogens with one attached hydrogen (secondary N) is 7. The smallest absolute Gasteiger partial charge is 0.275 e. The number of halogens is 3. The van der Waals surface area contributed by atoms with Crippen LogP contribution in [-0.2, 0) is 52.7 Å². The van der Waals surface area contributed by atoms with Gasteiger partial charge in [0, 0.05) is 66.1 Å². The molecule has 6 aliphatic heterocycles. The van der Waals surface area contributed by atoms with Gasteiger partial charge in [-0.2, -0.15) is 0 Å². The van der Waals surface area contributed by atoms with E-state index < -0.39 is 179 Å². The van der Waals surface area contributed by atoms with Crippen LogP contribution in [0.4, 0.5) is 5.13 Å². The number of primary amides is 1. The summed E-state index contributed by atoms with van der Waals surface area (Å²) in [5, 5.41) is 91.1. The molecule has 11 bridgehead atoms. The number of aliphatic hydroxyl groups is 3. The molecule has 0 aliphatic carbocycles. The predicted octanol–water partition coefficient (Wildman–Crippen LogP) is 6.12. The SMILES string of the molecule is CC(=NCCCON=C(C(=O)NCC(C)O)c1nc(N)sc1Cl)C1NC(=O)C2NC(=O)C(NC(=O)C3NC(=O)C(CC(N)=O)NC(=O)C(NC(=O)C(C)CC(C)C)C(O)c4ccc(c(Cl)c4)Oc4cc3cc(c4OC3OC(C=O)C(C)C(O)C3C)Oc3ccc(cc3Cl)C2C)c2ccc(O)c(c2)-c2c(O)cc(O)cc21. The minimum Gasteiger partial charge on any atom is -0.508 e. The molecule has 17 N–H and O–H groups in total. The molecule has 0 radical (unpaired) electrons. The summed E-state index contributed by atoms with van der Waals surface area (Å²) in [4.78, 5) is 145. The van der Waals surface area contributed by atoms with Gasteiger partial charge >= 0.3 is 0 Å². The number of carbonyl (C=O) groups is 9. The number of carbonyl (C=O) groups excluding carboxylic acids is 9. The second-order valence-corrected chi connectivity index (χ2v) is 30.2. The van der Waals surface area contributed by atoms with Crippen molar-refractivity contribution in [3.63, 3.8) is 0 Å². The Morgan fingerprint density at radius 3 is 2.02 bits per heavy atom. The van der Waals surface area contributed by atoms with Gasteiger partial charge in [-0.1, -0.05) is 111 Å². The zero-order valence-electron chi connectivity index (χ0n) is 60.5. The van der Waals surface area contributed by atoms with E-state index in [9.17, 15) is 54.6 Å². The predicted molar refractivity (Wildman–Crippen MR) is 402 cm³/mol. The number of fused-ring (bicyclic) bond motifs is 15. The molecule has 110 heavy (non-hydrogen) atoms. The van der Waals surface area contributed by atoms with Gasteiger partial charge in [0.25, 0.3) is 5.91 Å². The highest BCUT2D eigenvalue weighted by molar-refractivity contribution is 7.19. The second kappa shape index (κ2) is 35.1. The number of rotatable bonds is 19. The van der Waals surface area contributed by atoms with Crippen molar-refractivity contribution in [1.29, 1.82) is 0 Å². The first-order valence-corrected chi connectivity index (χ1v) is 36.9. The van der Waals surface area contributed by atoms with E-state index >= 15 is 19.2 Å². The van der Waals surface area contributed by atoms with Crippen LogP contribution in [-0.4, -0.2) is 163 Å². The van der Waals surface area contributed by atoms with E-state index in [0.29, 0.717) is 12.7 Å². The van der Waals surface area contributed by atoms with E-state index in [1.54, 1.807) is 27.7 Å². The van der Waals surface area contributed by atoms with Gasteiger partial charge in [0.2, 0.25) is 53.4 Å². The quantitative estimate of drug-likeness (QED) is 0.0188. The molecule has 36 heteroatoms. The first-order valence-electron chi connectivity index (χ1n) is 35.0. The summed E-state index contributed by atoms with van der Waals surface area (Å²) < 4.78 is 26.3. The first-order chi connectivity index (χ1) is 52.1. The fourth-order valence-corrected chi connectivity index (χ4v) is 14.4. The number of aldehydes is 1. The van der Waals surface area contributed by atoms with Crippen molar-refractivity contribution in [3.8, 4) is 57.1 Å². The number of nitrogens with zero attached hydrogens (tertiary/aromatic N) is 3. The van der Waals surface area contributed by atoms with Crippen molar-refractivity contribution in [2.24, 2.45) is 39.6 Å². The van der Waals surface area contributed by atoms with E-state index in [-0.39, 0.29) is 119 Å². The number of aliphatic hydroxyl groups excluding tert-OH is 3. The Morgan fingerprint density at radius 2 is 1.39 bits per heavy atom. The van der Waals surface area contributed by atoms with Crippen molar-refractivity contribution < 1.29 is 97.6 Å². The molecular formula is C74H83Cl3N12O20S. The van der Waals surface area contributed by atoms with Crippen LogP contribution in [0.5, 0.6) is 46.0 Å². The summed E-state index contributed by atoms with van der Waals surface area (Å²) in [5.74, 6) is -15.5. The molecule has 15 atom stereocenters. The molecule has 5 aromatic carbocycles. The molecule has 12 rings (SSSR count). The number of oxime groups is 1. The third-order valence-corrected chi connectivity index (χ3v) is 20.6. The highest BCUT2D eigenvalue weighted by Crippen LogP contribution is 2.50. The monoisotopic (exact) mass is 1600 g/mol. The van der Waals surface area contributed by atoms with Crippen LogP contribution in [0, 0.1) is 23.7 Å². The van der Waals surface area contributed by atoms with Crippen LogP contribution in [0.2, 0.25) is 14.4 Å². The number of aliphatic imine (C=N–C) groups is 1. The molecule has 32 nitrogen and oxygen atoms in total. The molecule has 1 fully saturated rings. The van der Waals surface area contributed by atoms with E-state index in [4.69, 9.17) is 75.0 Å². The number of amides is 8. The van der Waals surface area contributed by atoms with Crippen LogP contribution >= 0.6 is 46.1 Å². The molecule has 7 heterocycles. The van der Waals surface area contributed by atoms with Crippen molar-refractivity contribution >= 4 is 116 Å². The Kier molecular flexibility index (Phi) is 26.2. The summed E-state index contributed by atoms with van der Waals surface area (Å²) in [7, 11) is 0. The Morgan fingerprint density at radius 1 is 0.755 bits per heavy atom. The number of nitrogens with two attached hydrogens (primary N) is 2. The fraction of sp³-hybridized carbons (Fsp3) is 0.405. The number of phenolic OH excluding ortho intramolecular Hbond substituents is 3. The zero-order chi connectivity index (χ0) is 80.0. The van der Waals surface area contributed by atoms with Crippen LogP contribution < -0.4 is 62.9 Å². The minimum atomic E-state index is -2.19. The Balaban J connectivity index is 1.14. The number of hydrogen-bond acceptors (Lipinski definition) is 25. The summed E-state index contributed by atoms with van der Waals surface area (Å²) >= 11 is 21.5. The largest absolute Gasteiger partial charge is 0.508 e. The van der Waals surface area contributed by atoms with Gasteiger partial charge < -0.3 is 108 Å². The minimum absolute atomic E-state index is 0.00800. The third kappa shape index (κ3) is 18.7. The average Bonchev–Trinajstić information content (AvgIpc) is 0.792. The summed E-state index contributed by atoms with van der Waals surface area (Å²) in [5.41, 5.74) is 10.5. The zero-order valence-corrected chi connectivity index (χ0v) is 63.6. The van der Waals surface area contributed by atoms with Crippen molar-refractivity contribution in [2.75, 3.05) is 25.4 Å². The van der Waals surface area contributed by atoms with Gasteiger partial charge in [-0.3, -0.25) is 43.3 Å². The normalized spacial score (nSPS) is 24.3. The maximum Gasteiger partial charge on any atom is 0.275 e. The average molecular weight is 1600 g/mol. The molecule has 6 aromatic rings. The number of thiazole rings is 1.